The first kappa shape index (κ1) is 15.1. The predicted molar refractivity (Wildman–Crippen MR) is 80.4 cm³/mol. The van der Waals surface area contributed by atoms with Crippen molar-refractivity contribution < 1.29 is 0 Å². The summed E-state index contributed by atoms with van der Waals surface area (Å²) in [5.74, 6) is 2.00. The standard InChI is InChI=1S/C14H23N5/c1-4-7-8-9-12-17-13(15-10-5-2)19-14(18-12)16-11-6-3/h5-6H,2-4,7-11H2,1H3,(H2,15,16,17,18,19). The molecule has 0 aromatic carbocycles. The molecule has 0 radical (unpaired) electrons. The van der Waals surface area contributed by atoms with Crippen molar-refractivity contribution in [3.8, 4) is 0 Å². The molecule has 0 aliphatic heterocycles. The van der Waals surface area contributed by atoms with Crippen molar-refractivity contribution in [1.82, 2.24) is 15.0 Å². The number of aromatic nitrogens is 3. The van der Waals surface area contributed by atoms with Gasteiger partial charge in [0.25, 0.3) is 0 Å². The van der Waals surface area contributed by atoms with Crippen molar-refractivity contribution in [3.63, 3.8) is 0 Å². The monoisotopic (exact) mass is 261 g/mol. The molecular weight excluding hydrogens is 238 g/mol. The summed E-state index contributed by atoms with van der Waals surface area (Å²) in [5, 5.41) is 6.19. The first-order chi connectivity index (χ1) is 9.30. The molecule has 5 heteroatoms. The Balaban J connectivity index is 2.75. The number of hydrogen-bond acceptors (Lipinski definition) is 5. The van der Waals surface area contributed by atoms with E-state index in [9.17, 15) is 0 Å². The fourth-order valence-electron chi connectivity index (χ4n) is 1.55. The zero-order chi connectivity index (χ0) is 13.9. The number of aryl methyl sites for hydroxylation is 1. The Labute approximate surface area is 115 Å². The minimum absolute atomic E-state index is 0.591. The molecule has 0 bridgehead atoms. The summed E-state index contributed by atoms with van der Waals surface area (Å²) in [5.41, 5.74) is 0. The van der Waals surface area contributed by atoms with Gasteiger partial charge in [-0.1, -0.05) is 31.9 Å². The van der Waals surface area contributed by atoms with Crippen LogP contribution in [0.2, 0.25) is 0 Å². The number of nitrogens with zero attached hydrogens (tertiary/aromatic N) is 3. The van der Waals surface area contributed by atoms with E-state index >= 15 is 0 Å². The highest BCUT2D eigenvalue weighted by Gasteiger charge is 2.05. The first-order valence-corrected chi connectivity index (χ1v) is 6.74. The van der Waals surface area contributed by atoms with Crippen molar-refractivity contribution in [2.24, 2.45) is 0 Å². The Kier molecular flexibility index (Phi) is 7.24. The SMILES string of the molecule is C=CCNc1nc(CCCCC)nc(NCC=C)n1. The van der Waals surface area contributed by atoms with Crippen LogP contribution in [-0.4, -0.2) is 28.0 Å². The number of nitrogens with one attached hydrogen (secondary N) is 2. The van der Waals surface area contributed by atoms with E-state index in [1.54, 1.807) is 12.2 Å². The highest BCUT2D eigenvalue weighted by atomic mass is 15.2. The largest absolute Gasteiger partial charge is 0.351 e. The van der Waals surface area contributed by atoms with Crippen LogP contribution in [0.25, 0.3) is 0 Å². The van der Waals surface area contributed by atoms with Crippen molar-refractivity contribution in [3.05, 3.63) is 31.1 Å². The summed E-state index contributed by atoms with van der Waals surface area (Å²) in [6, 6.07) is 0. The second-order valence-electron chi connectivity index (χ2n) is 4.20. The highest BCUT2D eigenvalue weighted by molar-refractivity contribution is 5.35. The molecule has 1 aromatic rings. The summed E-state index contributed by atoms with van der Waals surface area (Å²) in [6.07, 6.45) is 7.91. The van der Waals surface area contributed by atoms with Crippen LogP contribution in [0.15, 0.2) is 25.3 Å². The van der Waals surface area contributed by atoms with Crippen molar-refractivity contribution >= 4 is 11.9 Å². The molecule has 0 fully saturated rings. The average molecular weight is 261 g/mol. The number of hydrogen-bond donors (Lipinski definition) is 2. The molecule has 104 valence electrons. The van der Waals surface area contributed by atoms with E-state index in [0.717, 1.165) is 18.7 Å². The average Bonchev–Trinajstić information content (AvgIpc) is 2.43. The predicted octanol–water partition coefficient (Wildman–Crippen LogP) is 2.80. The summed E-state index contributed by atoms with van der Waals surface area (Å²) in [7, 11) is 0. The van der Waals surface area contributed by atoms with Gasteiger partial charge in [-0.05, 0) is 6.42 Å². The second-order valence-corrected chi connectivity index (χ2v) is 4.20. The van der Waals surface area contributed by atoms with Crippen LogP contribution >= 0.6 is 0 Å². The van der Waals surface area contributed by atoms with Crippen molar-refractivity contribution in [1.29, 1.82) is 0 Å². The van der Waals surface area contributed by atoms with E-state index in [4.69, 9.17) is 0 Å². The maximum Gasteiger partial charge on any atom is 0.227 e. The lowest BCUT2D eigenvalue weighted by Crippen LogP contribution is -2.11. The molecule has 0 spiro atoms. The lowest BCUT2D eigenvalue weighted by atomic mass is 10.2. The van der Waals surface area contributed by atoms with Gasteiger partial charge in [-0.25, -0.2) is 0 Å². The second kappa shape index (κ2) is 9.08. The summed E-state index contributed by atoms with van der Waals surface area (Å²) in [6.45, 7) is 10.8. The van der Waals surface area contributed by atoms with Gasteiger partial charge in [0.05, 0.1) is 0 Å². The van der Waals surface area contributed by atoms with Crippen LogP contribution in [0.4, 0.5) is 11.9 Å². The molecule has 5 nitrogen and oxygen atoms in total. The Bertz CT molecular complexity index is 373. The van der Waals surface area contributed by atoms with E-state index in [1.165, 1.54) is 12.8 Å². The third-order valence-corrected chi connectivity index (χ3v) is 2.49. The van der Waals surface area contributed by atoms with Gasteiger partial charge in [0.2, 0.25) is 11.9 Å². The van der Waals surface area contributed by atoms with Crippen LogP contribution in [0, 0.1) is 0 Å². The van der Waals surface area contributed by atoms with Crippen LogP contribution in [0.5, 0.6) is 0 Å². The molecule has 0 aliphatic carbocycles. The van der Waals surface area contributed by atoms with Gasteiger partial charge in [-0.2, -0.15) is 15.0 Å². The summed E-state index contributed by atoms with van der Waals surface area (Å²) >= 11 is 0. The molecule has 0 amide bonds. The zero-order valence-corrected chi connectivity index (χ0v) is 11.7. The van der Waals surface area contributed by atoms with Gasteiger partial charge in [0.1, 0.15) is 5.82 Å². The highest BCUT2D eigenvalue weighted by Crippen LogP contribution is 2.08. The molecule has 0 unspecified atom stereocenters. The summed E-state index contributed by atoms with van der Waals surface area (Å²) < 4.78 is 0. The first-order valence-electron chi connectivity index (χ1n) is 6.74. The number of rotatable bonds is 10. The Morgan fingerprint density at radius 3 is 2.00 bits per heavy atom. The smallest absolute Gasteiger partial charge is 0.227 e. The Morgan fingerprint density at radius 1 is 0.947 bits per heavy atom. The molecule has 0 atom stereocenters. The number of anilines is 2. The minimum atomic E-state index is 0.591. The third kappa shape index (κ3) is 5.99. The van der Waals surface area contributed by atoms with E-state index in [-0.39, 0.29) is 0 Å². The van der Waals surface area contributed by atoms with Crippen molar-refractivity contribution in [2.75, 3.05) is 23.7 Å². The fraction of sp³-hybridized carbons (Fsp3) is 0.500. The lowest BCUT2D eigenvalue weighted by Gasteiger charge is -2.08. The van der Waals surface area contributed by atoms with Gasteiger partial charge >= 0.3 is 0 Å². The maximum absolute atomic E-state index is 4.40. The molecule has 1 heterocycles. The molecule has 1 aromatic heterocycles. The molecule has 19 heavy (non-hydrogen) atoms. The van der Waals surface area contributed by atoms with E-state index in [2.05, 4.69) is 45.7 Å². The molecule has 0 aliphatic rings. The minimum Gasteiger partial charge on any atom is -0.351 e. The maximum atomic E-state index is 4.40. The zero-order valence-electron chi connectivity index (χ0n) is 11.7. The Hall–Kier alpha value is -1.91. The van der Waals surface area contributed by atoms with Crippen molar-refractivity contribution in [2.45, 2.75) is 32.6 Å². The molecular formula is C14H23N5. The lowest BCUT2D eigenvalue weighted by molar-refractivity contribution is 0.691. The number of unbranched alkanes of at least 4 members (excludes halogenated alkanes) is 2. The van der Waals surface area contributed by atoms with Gasteiger partial charge in [0.15, 0.2) is 0 Å². The normalized spacial score (nSPS) is 9.95. The van der Waals surface area contributed by atoms with Crippen LogP contribution in [0.3, 0.4) is 0 Å². The van der Waals surface area contributed by atoms with E-state index < -0.39 is 0 Å². The molecule has 2 N–H and O–H groups in total. The molecule has 1 rings (SSSR count). The van der Waals surface area contributed by atoms with E-state index in [1.807, 2.05) is 0 Å². The fourth-order valence-corrected chi connectivity index (χ4v) is 1.55. The molecule has 0 saturated carbocycles. The third-order valence-electron chi connectivity index (χ3n) is 2.49. The van der Waals surface area contributed by atoms with Crippen LogP contribution in [0.1, 0.15) is 32.0 Å². The quantitative estimate of drug-likeness (QED) is 0.501. The van der Waals surface area contributed by atoms with Crippen LogP contribution in [-0.2, 0) is 6.42 Å². The Morgan fingerprint density at radius 2 is 1.53 bits per heavy atom. The van der Waals surface area contributed by atoms with Gasteiger partial charge in [-0.3, -0.25) is 0 Å². The topological polar surface area (TPSA) is 62.7 Å². The van der Waals surface area contributed by atoms with Gasteiger partial charge in [-0.15, -0.1) is 13.2 Å². The van der Waals surface area contributed by atoms with Crippen LogP contribution < -0.4 is 10.6 Å². The van der Waals surface area contributed by atoms with E-state index in [0.29, 0.717) is 25.0 Å². The van der Waals surface area contributed by atoms with Gasteiger partial charge in [0, 0.05) is 19.5 Å². The van der Waals surface area contributed by atoms with Gasteiger partial charge < -0.3 is 10.6 Å². The molecule has 0 saturated heterocycles. The summed E-state index contributed by atoms with van der Waals surface area (Å²) in [4.78, 5) is 13.1.